The predicted molar refractivity (Wildman–Crippen MR) is 65.9 cm³/mol. The van der Waals surface area contributed by atoms with Crippen LogP contribution in [0.5, 0.6) is 0 Å². The van der Waals surface area contributed by atoms with Gasteiger partial charge < -0.3 is 5.11 Å². The number of fused-ring (bicyclic) bond motifs is 1. The molecule has 4 nitrogen and oxygen atoms in total. The summed E-state index contributed by atoms with van der Waals surface area (Å²) in [7, 11) is 0. The predicted octanol–water partition coefficient (Wildman–Crippen LogP) is 2.79. The Labute approximate surface area is 101 Å². The lowest BCUT2D eigenvalue weighted by Gasteiger charge is -1.99. The van der Waals surface area contributed by atoms with E-state index in [9.17, 15) is 4.79 Å². The van der Waals surface area contributed by atoms with Crippen molar-refractivity contribution in [1.82, 2.24) is 9.55 Å². The second kappa shape index (κ2) is 3.71. The molecule has 0 saturated heterocycles. The molecule has 1 aromatic carbocycles. The standard InChI is InChI=1S/C12H8N2O2S/c15-11(16)9-5-3-7-14(9)12-13-8-4-1-2-6-10(8)17-12/h1-7H,(H,15,16). The normalized spacial score (nSPS) is 10.8. The Morgan fingerprint density at radius 1 is 1.24 bits per heavy atom. The number of nitrogens with zero attached hydrogens (tertiary/aromatic N) is 2. The molecule has 0 spiro atoms. The summed E-state index contributed by atoms with van der Waals surface area (Å²) < 4.78 is 2.64. The van der Waals surface area contributed by atoms with Gasteiger partial charge in [0.15, 0.2) is 5.13 Å². The van der Waals surface area contributed by atoms with Crippen molar-refractivity contribution in [3.8, 4) is 5.13 Å². The number of rotatable bonds is 2. The number of hydrogen-bond donors (Lipinski definition) is 1. The number of aromatic carboxylic acids is 1. The summed E-state index contributed by atoms with van der Waals surface area (Å²) in [5, 5.41) is 9.72. The molecular formula is C12H8N2O2S. The molecule has 2 heterocycles. The minimum atomic E-state index is -0.950. The molecule has 0 aliphatic carbocycles. The number of carbonyl (C=O) groups is 1. The number of carboxylic acid groups (broad SMARTS) is 1. The molecule has 0 atom stereocenters. The highest BCUT2D eigenvalue weighted by molar-refractivity contribution is 7.20. The Bertz CT molecular complexity index is 666. The first kappa shape index (κ1) is 10.0. The summed E-state index contributed by atoms with van der Waals surface area (Å²) >= 11 is 1.48. The highest BCUT2D eigenvalue weighted by Crippen LogP contribution is 2.25. The fourth-order valence-corrected chi connectivity index (χ4v) is 2.65. The first-order valence-electron chi connectivity index (χ1n) is 5.02. The number of hydrogen-bond acceptors (Lipinski definition) is 3. The smallest absolute Gasteiger partial charge is 0.352 e. The maximum atomic E-state index is 11.0. The second-order valence-corrected chi connectivity index (χ2v) is 4.54. The molecule has 1 N–H and O–H groups in total. The zero-order valence-electron chi connectivity index (χ0n) is 8.70. The van der Waals surface area contributed by atoms with E-state index in [2.05, 4.69) is 4.98 Å². The maximum absolute atomic E-state index is 11.0. The average molecular weight is 244 g/mol. The number of carboxylic acids is 1. The molecule has 3 aromatic rings. The lowest BCUT2D eigenvalue weighted by molar-refractivity contribution is 0.0688. The van der Waals surface area contributed by atoms with E-state index in [1.165, 1.54) is 11.3 Å². The molecule has 0 aliphatic heterocycles. The summed E-state index contributed by atoms with van der Waals surface area (Å²) in [4.78, 5) is 15.4. The Morgan fingerprint density at radius 3 is 2.82 bits per heavy atom. The van der Waals surface area contributed by atoms with Crippen LogP contribution in [-0.4, -0.2) is 20.6 Å². The Balaban J connectivity index is 2.20. The summed E-state index contributed by atoms with van der Waals surface area (Å²) in [6.45, 7) is 0. The molecule has 3 rings (SSSR count). The third-order valence-electron chi connectivity index (χ3n) is 2.46. The molecule has 2 aromatic heterocycles. The van der Waals surface area contributed by atoms with E-state index in [4.69, 9.17) is 5.11 Å². The van der Waals surface area contributed by atoms with Crippen molar-refractivity contribution in [3.05, 3.63) is 48.3 Å². The summed E-state index contributed by atoms with van der Waals surface area (Å²) in [5.74, 6) is -0.950. The number of para-hydroxylation sites is 1. The molecule has 0 unspecified atom stereocenters. The fraction of sp³-hybridized carbons (Fsp3) is 0. The Hall–Kier alpha value is -2.14. The number of thiazole rings is 1. The minimum absolute atomic E-state index is 0.226. The fourth-order valence-electron chi connectivity index (χ4n) is 1.69. The van der Waals surface area contributed by atoms with Crippen LogP contribution in [0.15, 0.2) is 42.6 Å². The SMILES string of the molecule is O=C(O)c1cccn1-c1nc2ccccc2s1. The molecule has 0 fully saturated rings. The van der Waals surface area contributed by atoms with Gasteiger partial charge in [-0.3, -0.25) is 4.57 Å². The molecule has 0 amide bonds. The van der Waals surface area contributed by atoms with Crippen molar-refractivity contribution in [2.75, 3.05) is 0 Å². The maximum Gasteiger partial charge on any atom is 0.352 e. The van der Waals surface area contributed by atoms with Gasteiger partial charge in [0, 0.05) is 6.20 Å². The van der Waals surface area contributed by atoms with E-state index in [0.717, 1.165) is 10.2 Å². The van der Waals surface area contributed by atoms with Crippen molar-refractivity contribution in [2.45, 2.75) is 0 Å². The average Bonchev–Trinajstić information content (AvgIpc) is 2.95. The first-order valence-corrected chi connectivity index (χ1v) is 5.84. The summed E-state index contributed by atoms with van der Waals surface area (Å²) in [6.07, 6.45) is 1.71. The van der Waals surface area contributed by atoms with Crippen molar-refractivity contribution in [1.29, 1.82) is 0 Å². The lowest BCUT2D eigenvalue weighted by atomic mass is 10.3. The molecular weight excluding hydrogens is 236 g/mol. The van der Waals surface area contributed by atoms with Crippen LogP contribution in [0.25, 0.3) is 15.3 Å². The van der Waals surface area contributed by atoms with Crippen LogP contribution in [0.4, 0.5) is 0 Å². The van der Waals surface area contributed by atoms with Crippen molar-refractivity contribution >= 4 is 27.5 Å². The molecule has 5 heteroatoms. The van der Waals surface area contributed by atoms with E-state index in [0.29, 0.717) is 5.13 Å². The van der Waals surface area contributed by atoms with Gasteiger partial charge in [-0.1, -0.05) is 23.5 Å². The van der Waals surface area contributed by atoms with E-state index in [1.807, 2.05) is 24.3 Å². The lowest BCUT2D eigenvalue weighted by Crippen LogP contribution is -2.04. The third kappa shape index (κ3) is 1.60. The second-order valence-electron chi connectivity index (χ2n) is 3.53. The summed E-state index contributed by atoms with van der Waals surface area (Å²) in [6, 6.07) is 11.0. The molecule has 0 saturated carbocycles. The minimum Gasteiger partial charge on any atom is -0.477 e. The topological polar surface area (TPSA) is 55.1 Å². The van der Waals surface area contributed by atoms with Crippen molar-refractivity contribution in [3.63, 3.8) is 0 Å². The van der Waals surface area contributed by atoms with Gasteiger partial charge in [0.25, 0.3) is 0 Å². The van der Waals surface area contributed by atoms with Crippen LogP contribution in [-0.2, 0) is 0 Å². The monoisotopic (exact) mass is 244 g/mol. The third-order valence-corrected chi connectivity index (χ3v) is 3.49. The van der Waals surface area contributed by atoms with Gasteiger partial charge in [-0.25, -0.2) is 9.78 Å². The van der Waals surface area contributed by atoms with Crippen LogP contribution in [0.1, 0.15) is 10.5 Å². The van der Waals surface area contributed by atoms with Gasteiger partial charge in [-0.15, -0.1) is 0 Å². The van der Waals surface area contributed by atoms with E-state index >= 15 is 0 Å². The summed E-state index contributed by atoms with van der Waals surface area (Å²) in [5.41, 5.74) is 1.11. The quantitative estimate of drug-likeness (QED) is 0.754. The molecule has 0 radical (unpaired) electrons. The van der Waals surface area contributed by atoms with Gasteiger partial charge in [-0.2, -0.15) is 0 Å². The van der Waals surface area contributed by atoms with Crippen LogP contribution in [0.2, 0.25) is 0 Å². The van der Waals surface area contributed by atoms with Crippen molar-refractivity contribution in [2.24, 2.45) is 0 Å². The van der Waals surface area contributed by atoms with Crippen LogP contribution >= 0.6 is 11.3 Å². The zero-order chi connectivity index (χ0) is 11.8. The van der Waals surface area contributed by atoms with Gasteiger partial charge in [0.05, 0.1) is 10.2 Å². The van der Waals surface area contributed by atoms with Gasteiger partial charge in [0.2, 0.25) is 0 Å². The van der Waals surface area contributed by atoms with Gasteiger partial charge in [0.1, 0.15) is 5.69 Å². The molecule has 0 aliphatic rings. The highest BCUT2D eigenvalue weighted by atomic mass is 32.1. The Morgan fingerprint density at radius 2 is 2.06 bits per heavy atom. The van der Waals surface area contributed by atoms with Crippen LogP contribution in [0, 0.1) is 0 Å². The number of benzene rings is 1. The Kier molecular flexibility index (Phi) is 2.19. The van der Waals surface area contributed by atoms with Crippen LogP contribution in [0.3, 0.4) is 0 Å². The van der Waals surface area contributed by atoms with E-state index in [-0.39, 0.29) is 5.69 Å². The highest BCUT2D eigenvalue weighted by Gasteiger charge is 2.13. The van der Waals surface area contributed by atoms with E-state index in [1.54, 1.807) is 22.9 Å². The molecule has 17 heavy (non-hydrogen) atoms. The molecule has 84 valence electrons. The first-order chi connectivity index (χ1) is 8.25. The van der Waals surface area contributed by atoms with Gasteiger partial charge >= 0.3 is 5.97 Å². The van der Waals surface area contributed by atoms with Gasteiger partial charge in [-0.05, 0) is 24.3 Å². The van der Waals surface area contributed by atoms with Crippen molar-refractivity contribution < 1.29 is 9.90 Å². The zero-order valence-corrected chi connectivity index (χ0v) is 9.52. The van der Waals surface area contributed by atoms with E-state index < -0.39 is 5.97 Å². The van der Waals surface area contributed by atoms with Crippen LogP contribution < -0.4 is 0 Å². The molecule has 0 bridgehead atoms. The largest absolute Gasteiger partial charge is 0.477 e. The number of aromatic nitrogens is 2.